The molecule has 4 rings (SSSR count). The molecule has 1 aliphatic carbocycles. The molecule has 0 radical (unpaired) electrons. The number of alkyl carbamates (subject to hydrolysis) is 1. The molecule has 0 saturated heterocycles. The lowest BCUT2D eigenvalue weighted by atomic mass is 9.98. The fraction of sp³-hybridized carbons (Fsp3) is 0.364. The number of benzene rings is 3. The van der Waals surface area contributed by atoms with E-state index in [4.69, 9.17) is 4.74 Å². The van der Waals surface area contributed by atoms with E-state index in [1.165, 1.54) is 0 Å². The number of rotatable bonds is 14. The highest BCUT2D eigenvalue weighted by molar-refractivity contribution is 5.86. The monoisotopic (exact) mass is 557 g/mol. The highest BCUT2D eigenvalue weighted by atomic mass is 16.5. The predicted molar refractivity (Wildman–Crippen MR) is 158 cm³/mol. The Bertz CT molecular complexity index is 1280. The number of unbranched alkanes of at least 4 members (excludes halogenated alkanes) is 1. The van der Waals surface area contributed by atoms with Gasteiger partial charge in [-0.25, -0.2) is 4.79 Å². The van der Waals surface area contributed by atoms with Gasteiger partial charge in [0, 0.05) is 25.0 Å². The van der Waals surface area contributed by atoms with Crippen molar-refractivity contribution in [2.75, 3.05) is 20.2 Å². The van der Waals surface area contributed by atoms with Crippen LogP contribution in [-0.4, -0.2) is 60.3 Å². The van der Waals surface area contributed by atoms with Crippen LogP contribution in [0.2, 0.25) is 0 Å². The third-order valence-electron chi connectivity index (χ3n) is 7.42. The summed E-state index contributed by atoms with van der Waals surface area (Å²) < 4.78 is 5.71. The lowest BCUT2D eigenvalue weighted by Crippen LogP contribution is -2.54. The molecule has 216 valence electrons. The van der Waals surface area contributed by atoms with E-state index in [-0.39, 0.29) is 25.5 Å². The zero-order valence-corrected chi connectivity index (χ0v) is 23.7. The van der Waals surface area contributed by atoms with Crippen LogP contribution in [0.25, 0.3) is 11.1 Å². The molecule has 0 bridgehead atoms. The SMILES string of the molecule is CCCC[C@@H](CC(=O)O)NC(=O)C(CN(C)Cc1ccccc1)NC(=O)OCC1c2ccccc2-c2ccccc21. The molecule has 1 aliphatic rings. The Morgan fingerprint density at radius 1 is 0.902 bits per heavy atom. The van der Waals surface area contributed by atoms with Crippen molar-refractivity contribution in [2.24, 2.45) is 0 Å². The molecular weight excluding hydrogens is 518 g/mol. The Morgan fingerprint density at radius 3 is 2.12 bits per heavy atom. The summed E-state index contributed by atoms with van der Waals surface area (Å²) in [5.41, 5.74) is 5.54. The number of carbonyl (C=O) groups excluding carboxylic acids is 2. The number of carbonyl (C=O) groups is 3. The minimum Gasteiger partial charge on any atom is -0.481 e. The molecule has 0 heterocycles. The van der Waals surface area contributed by atoms with Gasteiger partial charge in [-0.05, 0) is 41.3 Å². The molecule has 3 N–H and O–H groups in total. The van der Waals surface area contributed by atoms with Gasteiger partial charge in [0.1, 0.15) is 12.6 Å². The third kappa shape index (κ3) is 8.17. The van der Waals surface area contributed by atoms with Gasteiger partial charge in [-0.3, -0.25) is 14.5 Å². The quantitative estimate of drug-likeness (QED) is 0.252. The van der Waals surface area contributed by atoms with Crippen LogP contribution in [0.4, 0.5) is 4.79 Å². The van der Waals surface area contributed by atoms with Crippen LogP contribution in [0.15, 0.2) is 78.9 Å². The van der Waals surface area contributed by atoms with Gasteiger partial charge in [0.15, 0.2) is 0 Å². The van der Waals surface area contributed by atoms with E-state index in [0.29, 0.717) is 13.0 Å². The number of fused-ring (bicyclic) bond motifs is 3. The van der Waals surface area contributed by atoms with E-state index in [1.54, 1.807) is 0 Å². The zero-order valence-electron chi connectivity index (χ0n) is 23.7. The molecule has 3 aromatic carbocycles. The molecule has 2 amide bonds. The van der Waals surface area contributed by atoms with Gasteiger partial charge in [0.25, 0.3) is 0 Å². The highest BCUT2D eigenvalue weighted by Crippen LogP contribution is 2.44. The van der Waals surface area contributed by atoms with Crippen molar-refractivity contribution in [3.8, 4) is 11.1 Å². The van der Waals surface area contributed by atoms with Crippen molar-refractivity contribution in [1.82, 2.24) is 15.5 Å². The van der Waals surface area contributed by atoms with Gasteiger partial charge >= 0.3 is 12.1 Å². The van der Waals surface area contributed by atoms with E-state index < -0.39 is 30.1 Å². The first-order valence-corrected chi connectivity index (χ1v) is 14.2. The average Bonchev–Trinajstić information content (AvgIpc) is 3.28. The summed E-state index contributed by atoms with van der Waals surface area (Å²) in [5, 5.41) is 15.0. The topological polar surface area (TPSA) is 108 Å². The van der Waals surface area contributed by atoms with Crippen LogP contribution in [0.5, 0.6) is 0 Å². The Kier molecular flexibility index (Phi) is 10.5. The standard InChI is InChI=1S/C33H39N3O5/c1-3-4-14-24(19-31(37)38)34-32(39)30(21-36(2)20-23-12-6-5-7-13-23)35-33(40)41-22-29-27-17-10-8-15-25(27)26-16-9-11-18-28(26)29/h5-13,15-18,24,29-30H,3-4,14,19-22H2,1-2H3,(H,34,39)(H,35,40)(H,37,38)/t24-,30?/m0/s1. The minimum absolute atomic E-state index is 0.102. The van der Waals surface area contributed by atoms with Gasteiger partial charge in [0.2, 0.25) is 5.91 Å². The fourth-order valence-electron chi connectivity index (χ4n) is 5.44. The molecule has 2 atom stereocenters. The zero-order chi connectivity index (χ0) is 29.2. The number of hydrogen-bond acceptors (Lipinski definition) is 5. The van der Waals surface area contributed by atoms with Crippen molar-refractivity contribution >= 4 is 18.0 Å². The second kappa shape index (κ2) is 14.5. The molecule has 0 aromatic heterocycles. The van der Waals surface area contributed by atoms with Crippen LogP contribution in [0, 0.1) is 0 Å². The number of nitrogens with zero attached hydrogens (tertiary/aromatic N) is 1. The number of amides is 2. The summed E-state index contributed by atoms with van der Waals surface area (Å²) >= 11 is 0. The molecule has 0 spiro atoms. The second-order valence-electron chi connectivity index (χ2n) is 10.7. The molecule has 8 heteroatoms. The number of carboxylic acid groups (broad SMARTS) is 1. The number of ether oxygens (including phenoxy) is 1. The van der Waals surface area contributed by atoms with Crippen LogP contribution >= 0.6 is 0 Å². The summed E-state index contributed by atoms with van der Waals surface area (Å²) in [7, 11) is 1.87. The van der Waals surface area contributed by atoms with Crippen molar-refractivity contribution in [3.05, 3.63) is 95.6 Å². The number of hydrogen-bond donors (Lipinski definition) is 3. The van der Waals surface area contributed by atoms with E-state index >= 15 is 0 Å². The normalized spacial score (nSPS) is 13.6. The van der Waals surface area contributed by atoms with Gasteiger partial charge in [-0.1, -0.05) is 98.6 Å². The first-order chi connectivity index (χ1) is 19.9. The van der Waals surface area contributed by atoms with Crippen molar-refractivity contribution in [3.63, 3.8) is 0 Å². The molecule has 3 aromatic rings. The average molecular weight is 558 g/mol. The maximum atomic E-state index is 13.4. The third-order valence-corrected chi connectivity index (χ3v) is 7.42. The summed E-state index contributed by atoms with van der Waals surface area (Å²) in [5.74, 6) is -1.51. The van der Waals surface area contributed by atoms with Crippen LogP contribution < -0.4 is 10.6 Å². The van der Waals surface area contributed by atoms with E-state index in [1.807, 2.05) is 73.5 Å². The van der Waals surface area contributed by atoms with Crippen LogP contribution in [0.3, 0.4) is 0 Å². The summed E-state index contributed by atoms with van der Waals surface area (Å²) in [6, 6.07) is 24.6. The van der Waals surface area contributed by atoms with E-state index in [2.05, 4.69) is 34.9 Å². The smallest absolute Gasteiger partial charge is 0.407 e. The molecule has 1 unspecified atom stereocenters. The summed E-state index contributed by atoms with van der Waals surface area (Å²) in [6.07, 6.45) is 1.35. The van der Waals surface area contributed by atoms with Gasteiger partial charge in [0.05, 0.1) is 6.42 Å². The first kappa shape index (κ1) is 29.8. The van der Waals surface area contributed by atoms with Crippen LogP contribution in [0.1, 0.15) is 55.2 Å². The number of nitrogens with one attached hydrogen (secondary N) is 2. The molecule has 41 heavy (non-hydrogen) atoms. The first-order valence-electron chi connectivity index (χ1n) is 14.2. The number of carboxylic acids is 1. The van der Waals surface area contributed by atoms with Crippen molar-refractivity contribution in [2.45, 2.75) is 57.2 Å². The Labute approximate surface area is 241 Å². The van der Waals surface area contributed by atoms with Gasteiger partial charge < -0.3 is 20.5 Å². The molecular formula is C33H39N3O5. The minimum atomic E-state index is -0.978. The van der Waals surface area contributed by atoms with Crippen molar-refractivity contribution in [1.29, 1.82) is 0 Å². The van der Waals surface area contributed by atoms with Crippen molar-refractivity contribution < 1.29 is 24.2 Å². The molecule has 0 saturated carbocycles. The number of likely N-dealkylation sites (N-methyl/N-ethyl adjacent to an activating group) is 1. The predicted octanol–water partition coefficient (Wildman–Crippen LogP) is 5.18. The molecule has 8 nitrogen and oxygen atoms in total. The number of aliphatic carboxylic acids is 1. The fourth-order valence-corrected chi connectivity index (χ4v) is 5.44. The van der Waals surface area contributed by atoms with Gasteiger partial charge in [-0.15, -0.1) is 0 Å². The van der Waals surface area contributed by atoms with E-state index in [9.17, 15) is 19.5 Å². The Hall–Kier alpha value is -4.17. The maximum absolute atomic E-state index is 13.4. The highest BCUT2D eigenvalue weighted by Gasteiger charge is 2.30. The summed E-state index contributed by atoms with van der Waals surface area (Å²) in [4.78, 5) is 39.9. The second-order valence-corrected chi connectivity index (χ2v) is 10.7. The van der Waals surface area contributed by atoms with Gasteiger partial charge in [-0.2, -0.15) is 0 Å². The molecule has 0 aliphatic heterocycles. The molecule has 0 fully saturated rings. The maximum Gasteiger partial charge on any atom is 0.407 e. The Balaban J connectivity index is 1.44. The van der Waals surface area contributed by atoms with Crippen LogP contribution in [-0.2, 0) is 20.9 Å². The largest absolute Gasteiger partial charge is 0.481 e. The Morgan fingerprint density at radius 2 is 1.51 bits per heavy atom. The summed E-state index contributed by atoms with van der Waals surface area (Å²) in [6.45, 7) is 2.94. The lowest BCUT2D eigenvalue weighted by Gasteiger charge is -2.26. The lowest BCUT2D eigenvalue weighted by molar-refractivity contribution is -0.137. The van der Waals surface area contributed by atoms with E-state index in [0.717, 1.165) is 40.7 Å².